The number of ether oxygens (including phenoxy) is 1. The fourth-order valence-corrected chi connectivity index (χ4v) is 8.12. The second-order valence-electron chi connectivity index (χ2n) is 13.0. The zero-order valence-corrected chi connectivity index (χ0v) is 23.9. The SMILES string of the molecule is Cc1cccc(C)c1C1CC2NC(NSC3CCCC(C3)CN3C[C@@H](CNC[C@@H]3CC(C)(C)C)O2)N1. The summed E-state index contributed by atoms with van der Waals surface area (Å²) in [6.45, 7) is 15.9. The molecule has 7 heteroatoms. The molecule has 3 heterocycles. The third kappa shape index (κ3) is 6.85. The van der Waals surface area contributed by atoms with E-state index in [9.17, 15) is 0 Å². The summed E-state index contributed by atoms with van der Waals surface area (Å²) in [6.07, 6.45) is 7.73. The Hall–Kier alpha value is -0.670. The van der Waals surface area contributed by atoms with Gasteiger partial charge in [-0.3, -0.25) is 15.5 Å². The van der Waals surface area contributed by atoms with E-state index in [2.05, 4.69) is 78.4 Å². The summed E-state index contributed by atoms with van der Waals surface area (Å²) in [5.41, 5.74) is 4.48. The van der Waals surface area contributed by atoms with Crippen molar-refractivity contribution in [3.63, 3.8) is 0 Å². The predicted molar refractivity (Wildman–Crippen MR) is 151 cm³/mol. The molecule has 4 aliphatic rings. The van der Waals surface area contributed by atoms with Crippen LogP contribution in [0.25, 0.3) is 0 Å². The number of fused-ring (bicyclic) bond motifs is 6. The molecule has 1 aliphatic carbocycles. The number of rotatable bonds is 2. The Labute approximate surface area is 223 Å². The van der Waals surface area contributed by atoms with Crippen LogP contribution < -0.4 is 20.7 Å². The van der Waals surface area contributed by atoms with Gasteiger partial charge >= 0.3 is 0 Å². The Balaban J connectivity index is 1.40. The molecule has 4 fully saturated rings. The summed E-state index contributed by atoms with van der Waals surface area (Å²) in [7, 11) is 0. The van der Waals surface area contributed by atoms with Gasteiger partial charge in [-0.1, -0.05) is 57.3 Å². The first-order valence-corrected chi connectivity index (χ1v) is 15.2. The van der Waals surface area contributed by atoms with Crippen molar-refractivity contribution in [3.8, 4) is 0 Å². The van der Waals surface area contributed by atoms with Gasteiger partial charge in [0.05, 0.1) is 6.10 Å². The first-order valence-electron chi connectivity index (χ1n) is 14.3. The molecular formula is C29H49N5OS. The van der Waals surface area contributed by atoms with Crippen LogP contribution in [0.1, 0.15) is 82.0 Å². The lowest BCUT2D eigenvalue weighted by Crippen LogP contribution is -2.61. The molecule has 0 aromatic heterocycles. The van der Waals surface area contributed by atoms with E-state index >= 15 is 0 Å². The lowest BCUT2D eigenvalue weighted by atomic mass is 9.85. The fourth-order valence-electron chi connectivity index (χ4n) is 7.01. The molecule has 6 nitrogen and oxygen atoms in total. The summed E-state index contributed by atoms with van der Waals surface area (Å²) in [4.78, 5) is 2.81. The number of benzene rings is 1. The number of nitrogens with one attached hydrogen (secondary N) is 4. The molecule has 3 saturated heterocycles. The van der Waals surface area contributed by atoms with Crippen LogP contribution in [0.15, 0.2) is 18.2 Å². The molecular weight excluding hydrogens is 466 g/mol. The van der Waals surface area contributed by atoms with Gasteiger partial charge in [-0.15, -0.1) is 0 Å². The largest absolute Gasteiger partial charge is 0.357 e. The minimum absolute atomic E-state index is 0.0151. The molecule has 1 aromatic carbocycles. The van der Waals surface area contributed by atoms with Gasteiger partial charge in [0.1, 0.15) is 12.5 Å². The Morgan fingerprint density at radius 1 is 1.03 bits per heavy atom. The van der Waals surface area contributed by atoms with E-state index in [-0.39, 0.29) is 24.7 Å². The molecule has 0 spiro atoms. The van der Waals surface area contributed by atoms with E-state index in [0.717, 1.165) is 32.0 Å². The summed E-state index contributed by atoms with van der Waals surface area (Å²) < 4.78 is 10.7. The molecule has 1 saturated carbocycles. The lowest BCUT2D eigenvalue weighted by Gasteiger charge is -2.40. The highest BCUT2D eigenvalue weighted by molar-refractivity contribution is 7.98. The van der Waals surface area contributed by atoms with Crippen molar-refractivity contribution in [3.05, 3.63) is 34.9 Å². The molecule has 8 atom stereocenters. The first kappa shape index (κ1) is 26.9. The second kappa shape index (κ2) is 11.6. The molecule has 6 unspecified atom stereocenters. The molecule has 6 bridgehead atoms. The summed E-state index contributed by atoms with van der Waals surface area (Å²) in [5.74, 6) is 0.780. The molecule has 3 aliphatic heterocycles. The van der Waals surface area contributed by atoms with Crippen LogP contribution in [0.5, 0.6) is 0 Å². The number of hydrogen-bond acceptors (Lipinski definition) is 7. The average Bonchev–Trinajstić information content (AvgIpc) is 2.97. The van der Waals surface area contributed by atoms with Gasteiger partial charge in [-0.2, -0.15) is 0 Å². The third-order valence-electron chi connectivity index (χ3n) is 8.55. The van der Waals surface area contributed by atoms with Crippen molar-refractivity contribution in [1.82, 2.24) is 25.6 Å². The quantitative estimate of drug-likeness (QED) is 0.435. The zero-order valence-electron chi connectivity index (χ0n) is 23.1. The zero-order chi connectivity index (χ0) is 25.3. The molecule has 0 amide bonds. The van der Waals surface area contributed by atoms with Gasteiger partial charge < -0.3 is 10.1 Å². The van der Waals surface area contributed by atoms with Crippen LogP contribution in [0, 0.1) is 25.2 Å². The molecule has 202 valence electrons. The van der Waals surface area contributed by atoms with Gasteiger partial charge in [0.2, 0.25) is 0 Å². The summed E-state index contributed by atoms with van der Waals surface area (Å²) in [5, 5.41) is 12.1. The van der Waals surface area contributed by atoms with Crippen molar-refractivity contribution < 1.29 is 4.74 Å². The Bertz CT molecular complexity index is 855. The predicted octanol–water partition coefficient (Wildman–Crippen LogP) is 4.44. The van der Waals surface area contributed by atoms with Crippen molar-refractivity contribution in [2.45, 2.75) is 109 Å². The van der Waals surface area contributed by atoms with Crippen molar-refractivity contribution in [1.29, 1.82) is 0 Å². The van der Waals surface area contributed by atoms with Crippen LogP contribution in [0.4, 0.5) is 0 Å². The van der Waals surface area contributed by atoms with Crippen molar-refractivity contribution in [2.24, 2.45) is 11.3 Å². The Morgan fingerprint density at radius 3 is 2.61 bits per heavy atom. The molecule has 1 aromatic rings. The van der Waals surface area contributed by atoms with Gasteiger partial charge in [-0.25, -0.2) is 4.72 Å². The Morgan fingerprint density at radius 2 is 1.83 bits per heavy atom. The molecule has 0 radical (unpaired) electrons. The van der Waals surface area contributed by atoms with Crippen LogP contribution in [-0.4, -0.2) is 61.0 Å². The Kier molecular flexibility index (Phi) is 8.68. The van der Waals surface area contributed by atoms with Gasteiger partial charge in [0.15, 0.2) is 0 Å². The number of nitrogens with zero attached hydrogens (tertiary/aromatic N) is 1. The maximum absolute atomic E-state index is 6.90. The van der Waals surface area contributed by atoms with E-state index in [1.165, 1.54) is 55.3 Å². The van der Waals surface area contributed by atoms with Crippen LogP contribution in [0.2, 0.25) is 0 Å². The first-order chi connectivity index (χ1) is 17.2. The third-order valence-corrected chi connectivity index (χ3v) is 9.69. The minimum atomic E-state index is 0.0151. The highest BCUT2D eigenvalue weighted by Gasteiger charge is 2.37. The van der Waals surface area contributed by atoms with Crippen molar-refractivity contribution in [2.75, 3.05) is 26.2 Å². The van der Waals surface area contributed by atoms with E-state index < -0.39 is 0 Å². The summed E-state index contributed by atoms with van der Waals surface area (Å²) in [6, 6.07) is 7.50. The van der Waals surface area contributed by atoms with Crippen molar-refractivity contribution >= 4 is 11.9 Å². The van der Waals surface area contributed by atoms with E-state index in [1.54, 1.807) is 0 Å². The monoisotopic (exact) mass is 515 g/mol. The number of hydrogen-bond donors (Lipinski definition) is 4. The average molecular weight is 516 g/mol. The minimum Gasteiger partial charge on any atom is -0.357 e. The van der Waals surface area contributed by atoms with Crippen LogP contribution >= 0.6 is 11.9 Å². The smallest absolute Gasteiger partial charge is 0.123 e. The highest BCUT2D eigenvalue weighted by atomic mass is 32.2. The standard InChI is InChI=1S/C29H49N5OS/c1-19-8-6-9-20(2)27(19)25-13-26-32-28(31-25)33-36-24-11-7-10-21(12-24)17-34-18-23(35-26)16-30-15-22(34)14-29(3,4)5/h6,8-9,21-26,28,30-33H,7,10-18H2,1-5H3/t21?,22-,23+,24?,25?,26?,28?/m0/s1. The maximum Gasteiger partial charge on any atom is 0.123 e. The fraction of sp³-hybridized carbons (Fsp3) is 0.793. The van der Waals surface area contributed by atoms with Crippen LogP contribution in [0.3, 0.4) is 0 Å². The van der Waals surface area contributed by atoms with E-state index in [1.807, 2.05) is 11.9 Å². The molecule has 36 heavy (non-hydrogen) atoms. The van der Waals surface area contributed by atoms with E-state index in [0.29, 0.717) is 16.7 Å². The van der Waals surface area contributed by atoms with Gasteiger partial charge in [0.25, 0.3) is 0 Å². The number of aryl methyl sites for hydroxylation is 2. The van der Waals surface area contributed by atoms with Gasteiger partial charge in [-0.05, 0) is 67.6 Å². The normalized spacial score (nSPS) is 38.2. The second-order valence-corrected chi connectivity index (χ2v) is 14.2. The summed E-state index contributed by atoms with van der Waals surface area (Å²) >= 11 is 1.95. The van der Waals surface area contributed by atoms with E-state index in [4.69, 9.17) is 4.74 Å². The van der Waals surface area contributed by atoms with Crippen LogP contribution in [-0.2, 0) is 4.74 Å². The maximum atomic E-state index is 6.90. The molecule has 4 N–H and O–H groups in total. The topological polar surface area (TPSA) is 60.6 Å². The van der Waals surface area contributed by atoms with Gasteiger partial charge in [0, 0.05) is 49.9 Å². The highest BCUT2D eigenvalue weighted by Crippen LogP contribution is 2.35. The lowest BCUT2D eigenvalue weighted by molar-refractivity contribution is -0.0714. The molecule has 5 rings (SSSR count).